The largest absolute Gasteiger partial charge is 0.333 e. The van der Waals surface area contributed by atoms with Crippen molar-refractivity contribution in [3.8, 4) is 0 Å². The van der Waals surface area contributed by atoms with E-state index in [0.29, 0.717) is 11.1 Å². The van der Waals surface area contributed by atoms with Crippen molar-refractivity contribution >= 4 is 11.6 Å². The summed E-state index contributed by atoms with van der Waals surface area (Å²) in [4.78, 5) is 7.42. The van der Waals surface area contributed by atoms with Gasteiger partial charge in [0, 0.05) is 5.92 Å². The van der Waals surface area contributed by atoms with E-state index in [0.717, 1.165) is 5.82 Å². The molecule has 1 rings (SSSR count). The maximum Gasteiger partial charge on any atom is 0.126 e. The lowest BCUT2D eigenvalue weighted by Gasteiger charge is -2.12. The fraction of sp³-hybridized carbons (Fsp3) is 0.727. The topological polar surface area (TPSA) is 28.7 Å². The molecule has 0 saturated carbocycles. The molecule has 0 aliphatic rings. The molecule has 0 aliphatic heterocycles. The molecule has 3 heteroatoms. The Morgan fingerprint density at radius 3 is 2.64 bits per heavy atom. The third kappa shape index (κ3) is 3.33. The number of H-pyrrole nitrogens is 1. The fourth-order valence-electron chi connectivity index (χ4n) is 1.74. The molecule has 0 saturated heterocycles. The van der Waals surface area contributed by atoms with E-state index in [1.165, 1.54) is 32.1 Å². The maximum atomic E-state index is 5.82. The van der Waals surface area contributed by atoms with Crippen LogP contribution in [0.4, 0.5) is 0 Å². The van der Waals surface area contributed by atoms with Crippen molar-refractivity contribution < 1.29 is 0 Å². The van der Waals surface area contributed by atoms with E-state index in [1.54, 1.807) is 6.20 Å². The predicted molar refractivity (Wildman–Crippen MR) is 60.8 cm³/mol. The second-order valence-corrected chi connectivity index (χ2v) is 4.15. The fourth-order valence-corrected chi connectivity index (χ4v) is 1.88. The molecule has 0 bridgehead atoms. The average Bonchev–Trinajstić information content (AvgIpc) is 2.59. The first-order valence-corrected chi connectivity index (χ1v) is 5.86. The second-order valence-electron chi connectivity index (χ2n) is 3.74. The van der Waals surface area contributed by atoms with Gasteiger partial charge in [0.2, 0.25) is 0 Å². The third-order valence-electron chi connectivity index (χ3n) is 2.49. The Bertz CT molecular complexity index is 258. The van der Waals surface area contributed by atoms with Gasteiger partial charge in [0.25, 0.3) is 0 Å². The van der Waals surface area contributed by atoms with Crippen molar-refractivity contribution in [1.29, 1.82) is 0 Å². The van der Waals surface area contributed by atoms with Crippen molar-refractivity contribution in [2.24, 2.45) is 0 Å². The molecule has 80 valence electrons. The SMILES string of the molecule is CCCC[C@H](CCC)c1ncc(Cl)[nH]1. The molecule has 0 aliphatic carbocycles. The maximum absolute atomic E-state index is 5.82. The number of nitrogens with one attached hydrogen (secondary N) is 1. The monoisotopic (exact) mass is 214 g/mol. The second kappa shape index (κ2) is 6.07. The van der Waals surface area contributed by atoms with E-state index in [2.05, 4.69) is 23.8 Å². The Balaban J connectivity index is 2.57. The first-order valence-electron chi connectivity index (χ1n) is 5.48. The molecule has 1 atom stereocenters. The van der Waals surface area contributed by atoms with Crippen LogP contribution in [0, 0.1) is 0 Å². The number of aromatic amines is 1. The van der Waals surface area contributed by atoms with Gasteiger partial charge in [-0.2, -0.15) is 0 Å². The van der Waals surface area contributed by atoms with E-state index < -0.39 is 0 Å². The smallest absolute Gasteiger partial charge is 0.126 e. The normalized spacial score (nSPS) is 13.1. The van der Waals surface area contributed by atoms with Crippen LogP contribution in [-0.4, -0.2) is 9.97 Å². The molecule has 2 nitrogen and oxygen atoms in total. The van der Waals surface area contributed by atoms with Crippen LogP contribution in [0.15, 0.2) is 6.20 Å². The molecule has 14 heavy (non-hydrogen) atoms. The summed E-state index contributed by atoms with van der Waals surface area (Å²) in [7, 11) is 0. The first kappa shape index (κ1) is 11.6. The van der Waals surface area contributed by atoms with E-state index in [-0.39, 0.29) is 0 Å². The zero-order chi connectivity index (χ0) is 10.4. The lowest BCUT2D eigenvalue weighted by atomic mass is 9.96. The minimum Gasteiger partial charge on any atom is -0.333 e. The number of aromatic nitrogens is 2. The van der Waals surface area contributed by atoms with Crippen molar-refractivity contribution in [3.63, 3.8) is 0 Å². The summed E-state index contributed by atoms with van der Waals surface area (Å²) in [6.45, 7) is 4.43. The van der Waals surface area contributed by atoms with Gasteiger partial charge in [-0.1, -0.05) is 44.7 Å². The first-order chi connectivity index (χ1) is 6.77. The van der Waals surface area contributed by atoms with Gasteiger partial charge >= 0.3 is 0 Å². The van der Waals surface area contributed by atoms with Crippen LogP contribution in [-0.2, 0) is 0 Å². The van der Waals surface area contributed by atoms with Crippen molar-refractivity contribution in [3.05, 3.63) is 17.2 Å². The van der Waals surface area contributed by atoms with Crippen LogP contribution < -0.4 is 0 Å². The number of unbranched alkanes of at least 4 members (excludes halogenated alkanes) is 1. The minimum atomic E-state index is 0.562. The summed E-state index contributed by atoms with van der Waals surface area (Å²) in [5, 5.41) is 0.651. The van der Waals surface area contributed by atoms with Gasteiger partial charge in [0.05, 0.1) is 6.20 Å². The highest BCUT2D eigenvalue weighted by atomic mass is 35.5. The van der Waals surface area contributed by atoms with E-state index in [9.17, 15) is 0 Å². The lowest BCUT2D eigenvalue weighted by molar-refractivity contribution is 0.521. The van der Waals surface area contributed by atoms with Crippen LogP contribution >= 0.6 is 11.6 Å². The summed E-state index contributed by atoms with van der Waals surface area (Å²) in [6.07, 6.45) is 7.83. The summed E-state index contributed by atoms with van der Waals surface area (Å²) in [5.74, 6) is 1.62. The standard InChI is InChI=1S/C11H19ClN2/c1-3-5-7-9(6-4-2)11-13-8-10(12)14-11/h8-9H,3-7H2,1-2H3,(H,13,14)/t9-/m0/s1. The van der Waals surface area contributed by atoms with Crippen molar-refractivity contribution in [2.75, 3.05) is 0 Å². The number of imidazole rings is 1. The summed E-state index contributed by atoms with van der Waals surface area (Å²) >= 11 is 5.82. The Hall–Kier alpha value is -0.500. The third-order valence-corrected chi connectivity index (χ3v) is 2.69. The molecule has 0 amide bonds. The van der Waals surface area contributed by atoms with Gasteiger partial charge in [-0.3, -0.25) is 0 Å². The molecule has 0 aromatic carbocycles. The Morgan fingerprint density at radius 1 is 1.36 bits per heavy atom. The van der Waals surface area contributed by atoms with Crippen LogP contribution in [0.25, 0.3) is 0 Å². The Kier molecular flexibility index (Phi) is 5.02. The van der Waals surface area contributed by atoms with Gasteiger partial charge in [-0.05, 0) is 12.8 Å². The zero-order valence-corrected chi connectivity index (χ0v) is 9.77. The number of halogens is 1. The summed E-state index contributed by atoms with van der Waals surface area (Å²) in [6, 6.07) is 0. The molecular weight excluding hydrogens is 196 g/mol. The summed E-state index contributed by atoms with van der Waals surface area (Å²) in [5.41, 5.74) is 0. The minimum absolute atomic E-state index is 0.562. The number of hydrogen-bond donors (Lipinski definition) is 1. The van der Waals surface area contributed by atoms with Crippen molar-refractivity contribution in [1.82, 2.24) is 9.97 Å². The van der Waals surface area contributed by atoms with E-state index >= 15 is 0 Å². The molecule has 0 fully saturated rings. The number of rotatable bonds is 6. The molecule has 1 heterocycles. The van der Waals surface area contributed by atoms with Gasteiger partial charge in [0.15, 0.2) is 0 Å². The highest BCUT2D eigenvalue weighted by Crippen LogP contribution is 2.25. The molecular formula is C11H19ClN2. The molecule has 0 spiro atoms. The van der Waals surface area contributed by atoms with E-state index in [1.807, 2.05) is 0 Å². The highest BCUT2D eigenvalue weighted by molar-refractivity contribution is 6.29. The summed E-state index contributed by atoms with van der Waals surface area (Å²) < 4.78 is 0. The molecule has 0 unspecified atom stereocenters. The molecule has 1 aromatic rings. The van der Waals surface area contributed by atoms with Crippen LogP contribution in [0.1, 0.15) is 57.7 Å². The van der Waals surface area contributed by atoms with Gasteiger partial charge in [-0.15, -0.1) is 0 Å². The van der Waals surface area contributed by atoms with Gasteiger partial charge < -0.3 is 4.98 Å². The van der Waals surface area contributed by atoms with Crippen LogP contribution in [0.5, 0.6) is 0 Å². The van der Waals surface area contributed by atoms with Gasteiger partial charge in [-0.25, -0.2) is 4.98 Å². The Labute approximate surface area is 91.1 Å². The number of hydrogen-bond acceptors (Lipinski definition) is 1. The quantitative estimate of drug-likeness (QED) is 0.758. The zero-order valence-electron chi connectivity index (χ0n) is 9.02. The average molecular weight is 215 g/mol. The molecule has 1 aromatic heterocycles. The molecule has 0 radical (unpaired) electrons. The predicted octanol–water partition coefficient (Wildman–Crippen LogP) is 4.14. The van der Waals surface area contributed by atoms with E-state index in [4.69, 9.17) is 11.6 Å². The van der Waals surface area contributed by atoms with Crippen molar-refractivity contribution in [2.45, 2.75) is 51.9 Å². The van der Waals surface area contributed by atoms with Gasteiger partial charge in [0.1, 0.15) is 11.0 Å². The van der Waals surface area contributed by atoms with Crippen LogP contribution in [0.2, 0.25) is 5.15 Å². The number of nitrogens with zero attached hydrogens (tertiary/aromatic N) is 1. The molecule has 1 N–H and O–H groups in total. The lowest BCUT2D eigenvalue weighted by Crippen LogP contribution is -2.00. The van der Waals surface area contributed by atoms with Crippen LogP contribution in [0.3, 0.4) is 0 Å². The highest BCUT2D eigenvalue weighted by Gasteiger charge is 2.13. The Morgan fingerprint density at radius 2 is 2.14 bits per heavy atom.